The summed E-state index contributed by atoms with van der Waals surface area (Å²) in [5.74, 6) is -0.408. The van der Waals surface area contributed by atoms with Crippen LogP contribution in [-0.4, -0.2) is 32.4 Å². The molecule has 0 aliphatic carbocycles. The first-order valence-corrected chi connectivity index (χ1v) is 5.31. The highest BCUT2D eigenvalue weighted by atomic mass is 31.2. The van der Waals surface area contributed by atoms with E-state index >= 15 is 0 Å². The van der Waals surface area contributed by atoms with E-state index in [9.17, 15) is 4.79 Å². The summed E-state index contributed by atoms with van der Waals surface area (Å²) < 4.78 is 20.1. The molecule has 80 valence electrons. The van der Waals surface area contributed by atoms with E-state index in [1.165, 1.54) is 0 Å². The monoisotopic (exact) mass is 220 g/mol. The summed E-state index contributed by atoms with van der Waals surface area (Å²) in [7, 11) is -1.21. The maximum absolute atomic E-state index is 10.9. The van der Waals surface area contributed by atoms with E-state index in [2.05, 4.69) is 6.58 Å². The highest BCUT2D eigenvalue weighted by molar-refractivity contribution is 7.41. The Hall–Kier alpha value is -0.480. The Kier molecular flexibility index (Phi) is 5.04. The molecule has 0 bridgehead atoms. The first kappa shape index (κ1) is 11.6. The van der Waals surface area contributed by atoms with Crippen molar-refractivity contribution in [3.63, 3.8) is 0 Å². The van der Waals surface area contributed by atoms with E-state index in [4.69, 9.17) is 18.3 Å². The lowest BCUT2D eigenvalue weighted by molar-refractivity contribution is -0.139. The van der Waals surface area contributed by atoms with Crippen LogP contribution >= 0.6 is 8.60 Å². The van der Waals surface area contributed by atoms with E-state index in [1.54, 1.807) is 6.92 Å². The summed E-state index contributed by atoms with van der Waals surface area (Å²) in [4.78, 5) is 10.9. The van der Waals surface area contributed by atoms with Crippen molar-refractivity contribution in [2.75, 3.05) is 26.4 Å². The van der Waals surface area contributed by atoms with Crippen molar-refractivity contribution in [1.82, 2.24) is 0 Å². The first-order valence-electron chi connectivity index (χ1n) is 4.21. The fourth-order valence-corrected chi connectivity index (χ4v) is 1.60. The molecule has 0 aromatic rings. The quantitative estimate of drug-likeness (QED) is 0.303. The molecule has 1 heterocycles. The molecule has 1 rings (SSSR count). The summed E-state index contributed by atoms with van der Waals surface area (Å²) >= 11 is 0. The first-order chi connectivity index (χ1) is 6.70. The van der Waals surface area contributed by atoms with Crippen LogP contribution in [0.15, 0.2) is 12.2 Å². The number of hydrogen-bond acceptors (Lipinski definition) is 5. The smallest absolute Gasteiger partial charge is 0.333 e. The molecule has 0 radical (unpaired) electrons. The molecule has 1 aliphatic rings. The summed E-state index contributed by atoms with van der Waals surface area (Å²) in [5.41, 5.74) is 0.379. The molecule has 0 aromatic carbocycles. The van der Waals surface area contributed by atoms with Gasteiger partial charge in [-0.25, -0.2) is 4.79 Å². The molecule has 0 aromatic heterocycles. The van der Waals surface area contributed by atoms with E-state index in [0.717, 1.165) is 0 Å². The van der Waals surface area contributed by atoms with Gasteiger partial charge >= 0.3 is 14.6 Å². The zero-order chi connectivity index (χ0) is 10.4. The van der Waals surface area contributed by atoms with Crippen molar-refractivity contribution in [3.8, 4) is 0 Å². The molecule has 6 heteroatoms. The molecule has 1 saturated heterocycles. The maximum Gasteiger partial charge on any atom is 0.333 e. The fraction of sp³-hybridized carbons (Fsp3) is 0.625. The van der Waals surface area contributed by atoms with Gasteiger partial charge in [0.2, 0.25) is 0 Å². The number of hydrogen-bond donors (Lipinski definition) is 0. The normalized spacial score (nSPS) is 16.9. The highest BCUT2D eigenvalue weighted by Gasteiger charge is 2.18. The third-order valence-corrected chi connectivity index (χ3v) is 2.52. The van der Waals surface area contributed by atoms with Gasteiger partial charge in [-0.3, -0.25) is 0 Å². The number of rotatable bonds is 5. The standard InChI is InChI=1S/C8H13O5P/c1-7(2)8(9)10-3-4-11-14-12-5-6-13-14/h1,3-6H2,2H3. The Morgan fingerprint density at radius 1 is 1.43 bits per heavy atom. The topological polar surface area (TPSA) is 54.0 Å². The van der Waals surface area contributed by atoms with Gasteiger partial charge in [0.15, 0.2) is 0 Å². The molecule has 0 spiro atoms. The lowest BCUT2D eigenvalue weighted by Crippen LogP contribution is -2.09. The van der Waals surface area contributed by atoms with Crippen LogP contribution in [0.1, 0.15) is 6.92 Å². The Balaban J connectivity index is 1.98. The van der Waals surface area contributed by atoms with Crippen molar-refractivity contribution >= 4 is 14.6 Å². The molecule has 0 unspecified atom stereocenters. The second kappa shape index (κ2) is 6.09. The van der Waals surface area contributed by atoms with Crippen LogP contribution in [0.2, 0.25) is 0 Å². The molecule has 0 saturated carbocycles. The molecular formula is C8H13O5P. The predicted octanol–water partition coefficient (Wildman–Crippen LogP) is 1.40. The molecule has 5 nitrogen and oxygen atoms in total. The van der Waals surface area contributed by atoms with Crippen molar-refractivity contribution in [2.24, 2.45) is 0 Å². The molecule has 0 atom stereocenters. The third-order valence-electron chi connectivity index (χ3n) is 1.34. The van der Waals surface area contributed by atoms with Gasteiger partial charge in [0.1, 0.15) is 6.61 Å². The SMILES string of the molecule is C=C(C)C(=O)OCCOP1OCCO1. The highest BCUT2D eigenvalue weighted by Crippen LogP contribution is 2.43. The predicted molar refractivity (Wildman–Crippen MR) is 50.5 cm³/mol. The van der Waals surface area contributed by atoms with Crippen molar-refractivity contribution in [2.45, 2.75) is 6.92 Å². The van der Waals surface area contributed by atoms with Crippen molar-refractivity contribution in [1.29, 1.82) is 0 Å². The Bertz CT molecular complexity index is 212. The Labute approximate surface area is 84.0 Å². The van der Waals surface area contributed by atoms with Gasteiger partial charge in [-0.1, -0.05) is 6.58 Å². The van der Waals surface area contributed by atoms with Gasteiger partial charge in [-0.05, 0) is 6.92 Å². The summed E-state index contributed by atoms with van der Waals surface area (Å²) in [6.45, 7) is 6.65. The van der Waals surface area contributed by atoms with Crippen LogP contribution in [0.3, 0.4) is 0 Å². The average molecular weight is 220 g/mol. The molecule has 0 amide bonds. The van der Waals surface area contributed by atoms with Gasteiger partial charge in [-0.2, -0.15) is 0 Å². The fourth-order valence-electron chi connectivity index (χ4n) is 0.705. The van der Waals surface area contributed by atoms with Crippen LogP contribution in [-0.2, 0) is 23.1 Å². The summed E-state index contributed by atoms with van der Waals surface area (Å²) in [5, 5.41) is 0. The summed E-state index contributed by atoms with van der Waals surface area (Å²) in [6.07, 6.45) is 0. The molecule has 1 fully saturated rings. The second-order valence-corrected chi connectivity index (χ2v) is 3.86. The Morgan fingerprint density at radius 3 is 2.64 bits per heavy atom. The minimum absolute atomic E-state index is 0.192. The van der Waals surface area contributed by atoms with Gasteiger partial charge in [0.25, 0.3) is 0 Å². The average Bonchev–Trinajstić information content (AvgIpc) is 2.64. The van der Waals surface area contributed by atoms with Gasteiger partial charge in [0, 0.05) is 5.57 Å². The zero-order valence-corrected chi connectivity index (χ0v) is 8.92. The van der Waals surface area contributed by atoms with Crippen LogP contribution in [0.5, 0.6) is 0 Å². The zero-order valence-electron chi connectivity index (χ0n) is 8.02. The molecule has 1 aliphatic heterocycles. The molecule has 0 N–H and O–H groups in total. The lowest BCUT2D eigenvalue weighted by atomic mass is 10.4. The van der Waals surface area contributed by atoms with Crippen LogP contribution in [0, 0.1) is 0 Å². The van der Waals surface area contributed by atoms with Gasteiger partial charge < -0.3 is 18.3 Å². The van der Waals surface area contributed by atoms with Crippen LogP contribution in [0.4, 0.5) is 0 Å². The second-order valence-electron chi connectivity index (χ2n) is 2.64. The maximum atomic E-state index is 10.9. The van der Waals surface area contributed by atoms with E-state index in [1.807, 2.05) is 0 Å². The number of carbonyl (C=O) groups is 1. The largest absolute Gasteiger partial charge is 0.460 e. The molecular weight excluding hydrogens is 207 g/mol. The number of carbonyl (C=O) groups excluding carboxylic acids is 1. The number of esters is 1. The van der Waals surface area contributed by atoms with Gasteiger partial charge in [-0.15, -0.1) is 0 Å². The van der Waals surface area contributed by atoms with E-state index < -0.39 is 14.6 Å². The molecule has 14 heavy (non-hydrogen) atoms. The van der Waals surface area contributed by atoms with E-state index in [-0.39, 0.29) is 13.2 Å². The minimum Gasteiger partial charge on any atom is -0.460 e. The van der Waals surface area contributed by atoms with Crippen molar-refractivity contribution < 1.29 is 23.1 Å². The van der Waals surface area contributed by atoms with Crippen LogP contribution in [0.25, 0.3) is 0 Å². The third kappa shape index (κ3) is 4.15. The Morgan fingerprint density at radius 2 is 2.07 bits per heavy atom. The number of ether oxygens (including phenoxy) is 1. The minimum atomic E-state index is -1.21. The summed E-state index contributed by atoms with van der Waals surface area (Å²) in [6, 6.07) is 0. The van der Waals surface area contributed by atoms with Gasteiger partial charge in [0.05, 0.1) is 19.8 Å². The lowest BCUT2D eigenvalue weighted by Gasteiger charge is -2.08. The van der Waals surface area contributed by atoms with Crippen LogP contribution < -0.4 is 0 Å². The van der Waals surface area contributed by atoms with Crippen molar-refractivity contribution in [3.05, 3.63) is 12.2 Å². The van der Waals surface area contributed by atoms with E-state index in [0.29, 0.717) is 18.8 Å².